The highest BCUT2D eigenvalue weighted by molar-refractivity contribution is 5.93. The molecule has 1 amide bonds. The molecule has 0 fully saturated rings. The first-order valence-electron chi connectivity index (χ1n) is 5.40. The van der Waals surface area contributed by atoms with E-state index in [4.69, 9.17) is 10.9 Å². The lowest BCUT2D eigenvalue weighted by molar-refractivity contribution is 0.0768. The molecule has 4 N–H and O–H groups in total. The number of nitrogens with one attached hydrogen (secondary N) is 1. The predicted molar refractivity (Wildman–Crippen MR) is 65.3 cm³/mol. The van der Waals surface area contributed by atoms with Crippen molar-refractivity contribution in [1.29, 1.82) is 0 Å². The van der Waals surface area contributed by atoms with Crippen LogP contribution in [0, 0.1) is 0 Å². The first kappa shape index (κ1) is 13.4. The smallest absolute Gasteiger partial charge is 0.255 e. The molecular weight excluding hydrogens is 220 g/mol. The maximum absolute atomic E-state index is 11.9. The number of nitrogen functional groups attached to an aromatic ring is 1. The number of pyridine rings is 1. The summed E-state index contributed by atoms with van der Waals surface area (Å²) in [4.78, 5) is 17.4. The van der Waals surface area contributed by atoms with Gasteiger partial charge in [0.2, 0.25) is 0 Å². The number of carbonyl (C=O) groups is 1. The van der Waals surface area contributed by atoms with Gasteiger partial charge in [0, 0.05) is 19.8 Å². The molecule has 0 aliphatic carbocycles. The van der Waals surface area contributed by atoms with Crippen molar-refractivity contribution in [1.82, 2.24) is 9.88 Å². The number of hydrazine groups is 1. The van der Waals surface area contributed by atoms with Gasteiger partial charge in [-0.1, -0.05) is 0 Å². The molecule has 0 aliphatic heterocycles. The summed E-state index contributed by atoms with van der Waals surface area (Å²) in [6.45, 7) is 2.20. The van der Waals surface area contributed by atoms with Crippen molar-refractivity contribution in [3.8, 4) is 0 Å². The summed E-state index contributed by atoms with van der Waals surface area (Å²) in [5.41, 5.74) is 2.89. The van der Waals surface area contributed by atoms with Crippen molar-refractivity contribution >= 4 is 11.7 Å². The number of anilines is 1. The number of aliphatic hydroxyl groups is 1. The molecule has 1 unspecified atom stereocenters. The molecule has 1 atom stereocenters. The number of hydrogen-bond acceptors (Lipinski definition) is 5. The van der Waals surface area contributed by atoms with Gasteiger partial charge >= 0.3 is 0 Å². The van der Waals surface area contributed by atoms with E-state index in [2.05, 4.69) is 10.4 Å². The summed E-state index contributed by atoms with van der Waals surface area (Å²) >= 11 is 0. The lowest BCUT2D eigenvalue weighted by atomic mass is 10.2. The second-order valence-corrected chi connectivity index (χ2v) is 3.94. The normalized spacial score (nSPS) is 12.0. The van der Waals surface area contributed by atoms with Gasteiger partial charge in [-0.2, -0.15) is 0 Å². The van der Waals surface area contributed by atoms with Crippen LogP contribution in [0.5, 0.6) is 0 Å². The van der Waals surface area contributed by atoms with E-state index in [1.807, 2.05) is 0 Å². The molecule has 0 radical (unpaired) electrons. The molecule has 6 nitrogen and oxygen atoms in total. The fourth-order valence-electron chi connectivity index (χ4n) is 1.31. The van der Waals surface area contributed by atoms with E-state index in [1.165, 1.54) is 6.20 Å². The van der Waals surface area contributed by atoms with E-state index in [1.54, 1.807) is 31.0 Å². The van der Waals surface area contributed by atoms with Gasteiger partial charge in [-0.3, -0.25) is 4.79 Å². The molecule has 94 valence electrons. The summed E-state index contributed by atoms with van der Waals surface area (Å²) in [5, 5.41) is 9.15. The van der Waals surface area contributed by atoms with E-state index < -0.39 is 6.10 Å². The molecule has 0 spiro atoms. The minimum atomic E-state index is -0.410. The summed E-state index contributed by atoms with van der Waals surface area (Å²) in [6, 6.07) is 3.29. The maximum atomic E-state index is 11.9. The highest BCUT2D eigenvalue weighted by atomic mass is 16.3. The third-order valence-corrected chi connectivity index (χ3v) is 2.39. The largest absolute Gasteiger partial charge is 0.393 e. The zero-order valence-electron chi connectivity index (χ0n) is 10.1. The minimum absolute atomic E-state index is 0.123. The highest BCUT2D eigenvalue weighted by Crippen LogP contribution is 2.07. The molecule has 6 heteroatoms. The number of rotatable bonds is 5. The number of aromatic nitrogens is 1. The molecule has 0 aromatic carbocycles. The molecule has 0 saturated carbocycles. The van der Waals surface area contributed by atoms with Gasteiger partial charge in [-0.15, -0.1) is 0 Å². The van der Waals surface area contributed by atoms with Crippen molar-refractivity contribution in [3.05, 3.63) is 23.9 Å². The third kappa shape index (κ3) is 4.01. The number of amides is 1. The Morgan fingerprint density at radius 3 is 2.82 bits per heavy atom. The zero-order chi connectivity index (χ0) is 12.8. The van der Waals surface area contributed by atoms with Crippen molar-refractivity contribution in [2.24, 2.45) is 5.84 Å². The molecular formula is C11H18N4O2. The van der Waals surface area contributed by atoms with Gasteiger partial charge in [0.25, 0.3) is 5.91 Å². The van der Waals surface area contributed by atoms with E-state index in [0.717, 1.165) is 0 Å². The third-order valence-electron chi connectivity index (χ3n) is 2.39. The Morgan fingerprint density at radius 1 is 1.65 bits per heavy atom. The Balaban J connectivity index is 2.61. The van der Waals surface area contributed by atoms with Gasteiger partial charge < -0.3 is 15.4 Å². The fraction of sp³-hybridized carbons (Fsp3) is 0.455. The summed E-state index contributed by atoms with van der Waals surface area (Å²) in [6.07, 6.45) is 1.61. The maximum Gasteiger partial charge on any atom is 0.255 e. The van der Waals surface area contributed by atoms with Gasteiger partial charge in [0.15, 0.2) is 0 Å². The van der Waals surface area contributed by atoms with Crippen molar-refractivity contribution in [2.75, 3.05) is 19.0 Å². The van der Waals surface area contributed by atoms with E-state index in [9.17, 15) is 4.79 Å². The topological polar surface area (TPSA) is 91.5 Å². The van der Waals surface area contributed by atoms with Crippen LogP contribution in [0.15, 0.2) is 18.3 Å². The second kappa shape index (κ2) is 6.17. The molecule has 1 rings (SSSR count). The van der Waals surface area contributed by atoms with Crippen LogP contribution in [0.1, 0.15) is 23.7 Å². The Hall–Kier alpha value is -1.66. The van der Waals surface area contributed by atoms with Gasteiger partial charge in [0.1, 0.15) is 5.82 Å². The van der Waals surface area contributed by atoms with Crippen LogP contribution < -0.4 is 11.3 Å². The molecule has 17 heavy (non-hydrogen) atoms. The molecule has 0 saturated heterocycles. The first-order chi connectivity index (χ1) is 8.04. The quantitative estimate of drug-likeness (QED) is 0.504. The lowest BCUT2D eigenvalue weighted by Crippen LogP contribution is -2.29. The van der Waals surface area contributed by atoms with Crippen LogP contribution in [-0.2, 0) is 0 Å². The van der Waals surface area contributed by atoms with E-state index >= 15 is 0 Å². The fourth-order valence-corrected chi connectivity index (χ4v) is 1.31. The Labute approximate surface area is 100 Å². The van der Waals surface area contributed by atoms with E-state index in [-0.39, 0.29) is 5.91 Å². The molecule has 1 aromatic heterocycles. The molecule has 1 heterocycles. The number of nitrogens with zero attached hydrogens (tertiary/aromatic N) is 2. The van der Waals surface area contributed by atoms with Crippen molar-refractivity contribution < 1.29 is 9.90 Å². The Kier molecular flexibility index (Phi) is 4.86. The number of nitrogens with two attached hydrogens (primary N) is 1. The van der Waals surface area contributed by atoms with Crippen LogP contribution >= 0.6 is 0 Å². The number of carbonyl (C=O) groups excluding carboxylic acids is 1. The minimum Gasteiger partial charge on any atom is -0.393 e. The molecule has 1 aromatic rings. The Morgan fingerprint density at radius 2 is 2.35 bits per heavy atom. The standard InChI is InChI=1S/C11H18N4O2/c1-8(16)5-6-15(2)11(17)9-3-4-10(14-12)13-7-9/h3-4,7-8,16H,5-6,12H2,1-2H3,(H,13,14). The van der Waals surface area contributed by atoms with Crippen LogP contribution in [0.25, 0.3) is 0 Å². The van der Waals surface area contributed by atoms with Crippen molar-refractivity contribution in [3.63, 3.8) is 0 Å². The number of hydrogen-bond donors (Lipinski definition) is 3. The van der Waals surface area contributed by atoms with Gasteiger partial charge in [-0.05, 0) is 25.5 Å². The van der Waals surface area contributed by atoms with Crippen LogP contribution in [0.3, 0.4) is 0 Å². The lowest BCUT2D eigenvalue weighted by Gasteiger charge is -2.17. The van der Waals surface area contributed by atoms with Crippen LogP contribution in [-0.4, -0.2) is 40.6 Å². The van der Waals surface area contributed by atoms with Gasteiger partial charge in [0.05, 0.1) is 11.7 Å². The Bertz CT molecular complexity index is 364. The molecule has 0 aliphatic rings. The van der Waals surface area contributed by atoms with E-state index in [0.29, 0.717) is 24.3 Å². The van der Waals surface area contributed by atoms with Crippen molar-refractivity contribution in [2.45, 2.75) is 19.4 Å². The summed E-state index contributed by atoms with van der Waals surface area (Å²) in [7, 11) is 1.69. The van der Waals surface area contributed by atoms with Crippen LogP contribution in [0.4, 0.5) is 5.82 Å². The zero-order valence-corrected chi connectivity index (χ0v) is 10.1. The summed E-state index contributed by atoms with van der Waals surface area (Å²) < 4.78 is 0. The van der Waals surface area contributed by atoms with Crippen LogP contribution in [0.2, 0.25) is 0 Å². The summed E-state index contributed by atoms with van der Waals surface area (Å²) in [5.74, 6) is 5.57. The van der Waals surface area contributed by atoms with Gasteiger partial charge in [-0.25, -0.2) is 10.8 Å². The average Bonchev–Trinajstić information content (AvgIpc) is 2.35. The average molecular weight is 238 g/mol. The highest BCUT2D eigenvalue weighted by Gasteiger charge is 2.12. The molecule has 0 bridgehead atoms. The number of aliphatic hydroxyl groups excluding tert-OH is 1. The predicted octanol–water partition coefficient (Wildman–Crippen LogP) is 0.210. The monoisotopic (exact) mass is 238 g/mol. The second-order valence-electron chi connectivity index (χ2n) is 3.94. The SMILES string of the molecule is CC(O)CCN(C)C(=O)c1ccc(NN)nc1. The first-order valence-corrected chi connectivity index (χ1v) is 5.40.